The van der Waals surface area contributed by atoms with Crippen LogP contribution in [0.25, 0.3) is 0 Å². The van der Waals surface area contributed by atoms with Gasteiger partial charge in [-0.25, -0.2) is 13.1 Å². The lowest BCUT2D eigenvalue weighted by Gasteiger charge is -2.19. The van der Waals surface area contributed by atoms with Crippen LogP contribution >= 0.6 is 23.4 Å². The number of nitrogens with zero attached hydrogens (tertiary/aromatic N) is 4. The number of sulfone groups is 1. The van der Waals surface area contributed by atoms with Gasteiger partial charge in [-0.15, -0.1) is 16.7 Å². The minimum atomic E-state index is -3.16. The third-order valence-corrected chi connectivity index (χ3v) is 6.33. The van der Waals surface area contributed by atoms with Crippen molar-refractivity contribution in [1.29, 1.82) is 0 Å². The van der Waals surface area contributed by atoms with Gasteiger partial charge in [0.1, 0.15) is 0 Å². The van der Waals surface area contributed by atoms with Crippen LogP contribution in [0.2, 0.25) is 0 Å². The minimum Gasteiger partial charge on any atom is -0.350 e. The Morgan fingerprint density at radius 1 is 1.45 bits per heavy atom. The number of aromatic nitrogens is 4. The van der Waals surface area contributed by atoms with Gasteiger partial charge in [-0.1, -0.05) is 11.8 Å². The van der Waals surface area contributed by atoms with Crippen LogP contribution in [0, 0.1) is 0 Å². The quantitative estimate of drug-likeness (QED) is 0.591. The second kappa shape index (κ2) is 6.32. The zero-order valence-corrected chi connectivity index (χ0v) is 14.9. The van der Waals surface area contributed by atoms with E-state index in [0.29, 0.717) is 5.16 Å². The molecule has 8 nitrogen and oxygen atoms in total. The first kappa shape index (κ1) is 17.5. The molecule has 11 heteroatoms. The molecule has 2 heterocycles. The summed E-state index contributed by atoms with van der Waals surface area (Å²) in [7, 11) is -3.16. The molecule has 0 saturated carbocycles. The normalized spacial score (nSPS) is 24.4. The van der Waals surface area contributed by atoms with Crippen LogP contribution in [-0.4, -0.2) is 63.2 Å². The van der Waals surface area contributed by atoms with Crippen molar-refractivity contribution < 1.29 is 13.2 Å². The van der Waals surface area contributed by atoms with Crippen molar-refractivity contribution in [2.75, 3.05) is 17.3 Å². The summed E-state index contributed by atoms with van der Waals surface area (Å²) in [6, 6.07) is -0.543. The van der Waals surface area contributed by atoms with Gasteiger partial charge in [0.05, 0.1) is 34.2 Å². The summed E-state index contributed by atoms with van der Waals surface area (Å²) in [5, 5.41) is 14.0. The lowest BCUT2D eigenvalue weighted by atomic mass is 10.1. The van der Waals surface area contributed by atoms with Crippen LogP contribution in [0.4, 0.5) is 0 Å². The molecule has 2 atom stereocenters. The Kier molecular flexibility index (Phi) is 5.03. The summed E-state index contributed by atoms with van der Waals surface area (Å²) in [5.74, 6) is -0.413. The average molecular weight is 368 g/mol. The average Bonchev–Trinajstić information content (AvgIpc) is 2.91. The molecule has 2 rings (SSSR count). The molecule has 1 fully saturated rings. The van der Waals surface area contributed by atoms with Crippen LogP contribution in [0.1, 0.15) is 20.8 Å². The van der Waals surface area contributed by atoms with Crippen LogP contribution in [0.5, 0.6) is 0 Å². The number of halogens is 1. The Hall–Kier alpha value is -0.870. The number of carbonyl (C=O) groups excluding carboxylic acids is 1. The lowest BCUT2D eigenvalue weighted by molar-refractivity contribution is -0.119. The largest absolute Gasteiger partial charge is 0.350 e. The van der Waals surface area contributed by atoms with Gasteiger partial charge in [-0.05, 0) is 31.2 Å². The van der Waals surface area contributed by atoms with Crippen LogP contribution < -0.4 is 5.32 Å². The van der Waals surface area contributed by atoms with E-state index in [0.717, 1.165) is 0 Å². The maximum absolute atomic E-state index is 11.9. The van der Waals surface area contributed by atoms with Gasteiger partial charge < -0.3 is 5.32 Å². The number of nitrogens with one attached hydrogen (secondary N) is 1. The molecule has 1 aromatic heterocycles. The van der Waals surface area contributed by atoms with E-state index in [1.807, 2.05) is 20.8 Å². The number of tetrazole rings is 1. The smallest absolute Gasteiger partial charge is 0.230 e. The number of rotatable bonds is 4. The summed E-state index contributed by atoms with van der Waals surface area (Å²) in [5.41, 5.74) is -0.289. The topological polar surface area (TPSA) is 107 Å². The van der Waals surface area contributed by atoms with Gasteiger partial charge in [-0.2, -0.15) is 0 Å². The molecule has 1 aliphatic heterocycles. The second-order valence-corrected chi connectivity index (χ2v) is 9.76. The van der Waals surface area contributed by atoms with Crippen molar-refractivity contribution in [1.82, 2.24) is 25.5 Å². The van der Waals surface area contributed by atoms with E-state index in [2.05, 4.69) is 20.8 Å². The fraction of sp³-hybridized carbons (Fsp3) is 0.818. The number of hydrogen-bond acceptors (Lipinski definition) is 7. The summed E-state index contributed by atoms with van der Waals surface area (Å²) >= 11 is 7.15. The van der Waals surface area contributed by atoms with Crippen LogP contribution in [-0.2, 0) is 20.2 Å². The molecule has 1 N–H and O–H groups in total. The third kappa shape index (κ3) is 4.32. The van der Waals surface area contributed by atoms with E-state index in [1.165, 1.54) is 11.8 Å². The van der Waals surface area contributed by atoms with Crippen LogP contribution in [0.15, 0.2) is 5.16 Å². The summed E-state index contributed by atoms with van der Waals surface area (Å²) in [4.78, 5) is 11.9. The minimum absolute atomic E-state index is 0.0939. The van der Waals surface area contributed by atoms with Crippen molar-refractivity contribution >= 4 is 39.1 Å². The highest BCUT2D eigenvalue weighted by Crippen LogP contribution is 2.22. The molecule has 1 amide bonds. The van der Waals surface area contributed by atoms with Crippen LogP contribution in [0.3, 0.4) is 0 Å². The fourth-order valence-corrected chi connectivity index (χ4v) is 5.43. The predicted molar refractivity (Wildman–Crippen MR) is 83.8 cm³/mol. The van der Waals surface area contributed by atoms with E-state index in [9.17, 15) is 13.2 Å². The van der Waals surface area contributed by atoms with E-state index in [1.54, 1.807) is 4.68 Å². The van der Waals surface area contributed by atoms with Gasteiger partial charge in [0.25, 0.3) is 0 Å². The molecule has 1 saturated heterocycles. The summed E-state index contributed by atoms with van der Waals surface area (Å²) in [6.07, 6.45) is 0. The molecule has 22 heavy (non-hydrogen) atoms. The van der Waals surface area contributed by atoms with E-state index >= 15 is 0 Å². The second-order valence-electron chi connectivity index (χ2n) is 6.10. The van der Waals surface area contributed by atoms with Gasteiger partial charge in [0.15, 0.2) is 9.84 Å². The first-order valence-electron chi connectivity index (χ1n) is 6.64. The van der Waals surface area contributed by atoms with Gasteiger partial charge in [-0.3, -0.25) is 4.79 Å². The van der Waals surface area contributed by atoms with Crippen molar-refractivity contribution in [2.45, 2.75) is 42.9 Å². The fourth-order valence-electron chi connectivity index (χ4n) is 2.01. The Morgan fingerprint density at radius 2 is 2.14 bits per heavy atom. The van der Waals surface area contributed by atoms with Crippen molar-refractivity contribution in [3.8, 4) is 0 Å². The van der Waals surface area contributed by atoms with Crippen molar-refractivity contribution in [3.05, 3.63) is 0 Å². The maximum atomic E-state index is 11.9. The molecule has 0 aromatic carbocycles. The molecule has 0 aliphatic carbocycles. The highest BCUT2D eigenvalue weighted by atomic mass is 35.5. The van der Waals surface area contributed by atoms with Gasteiger partial charge >= 0.3 is 0 Å². The standard InChI is InChI=1S/C11H18ClN5O3S2/c1-11(2,3)17-10(14-15-16-17)21-4-9(18)13-8-6-22(19,20)5-7(8)12/h7-8H,4-6H2,1-3H3,(H,13,18)/t7-,8+/m0/s1. The Labute approximate surface area is 138 Å². The molecule has 0 radical (unpaired) electrons. The number of carbonyl (C=O) groups is 1. The van der Waals surface area contributed by atoms with Crippen molar-refractivity contribution in [2.24, 2.45) is 0 Å². The molecule has 1 aromatic rings. The van der Waals surface area contributed by atoms with E-state index in [-0.39, 0.29) is 28.7 Å². The predicted octanol–water partition coefficient (Wildman–Crippen LogP) is 0.0408. The molecule has 124 valence electrons. The zero-order valence-electron chi connectivity index (χ0n) is 12.5. The molecule has 0 spiro atoms. The number of alkyl halides is 1. The number of amides is 1. The van der Waals surface area contributed by atoms with Gasteiger partial charge in [0.2, 0.25) is 11.1 Å². The Balaban J connectivity index is 1.91. The third-order valence-electron chi connectivity index (χ3n) is 3.04. The maximum Gasteiger partial charge on any atom is 0.230 e. The first-order valence-corrected chi connectivity index (χ1v) is 9.88. The van der Waals surface area contributed by atoms with E-state index < -0.39 is 21.3 Å². The van der Waals surface area contributed by atoms with Crippen molar-refractivity contribution in [3.63, 3.8) is 0 Å². The monoisotopic (exact) mass is 367 g/mol. The summed E-state index contributed by atoms with van der Waals surface area (Å²) < 4.78 is 24.6. The molecule has 0 bridgehead atoms. The molecular weight excluding hydrogens is 350 g/mol. The number of thioether (sulfide) groups is 1. The Morgan fingerprint density at radius 3 is 2.68 bits per heavy atom. The highest BCUT2D eigenvalue weighted by Gasteiger charge is 2.37. The highest BCUT2D eigenvalue weighted by molar-refractivity contribution is 7.99. The zero-order chi connectivity index (χ0) is 16.5. The summed E-state index contributed by atoms with van der Waals surface area (Å²) in [6.45, 7) is 5.86. The molecular formula is C11H18ClN5O3S2. The van der Waals surface area contributed by atoms with E-state index in [4.69, 9.17) is 11.6 Å². The van der Waals surface area contributed by atoms with Gasteiger partial charge in [0, 0.05) is 0 Å². The molecule has 0 unspecified atom stereocenters. The molecule has 1 aliphatic rings. The Bertz CT molecular complexity index is 655. The SMILES string of the molecule is CC(C)(C)n1nnnc1SCC(=O)N[C@@H]1CS(=O)(=O)C[C@@H]1Cl. The first-order chi connectivity index (χ1) is 10.1. The number of hydrogen-bond donors (Lipinski definition) is 1. The lowest BCUT2D eigenvalue weighted by Crippen LogP contribution is -2.41.